The molecule has 0 aromatic carbocycles. The lowest BCUT2D eigenvalue weighted by Crippen LogP contribution is -2.32. The lowest BCUT2D eigenvalue weighted by Gasteiger charge is -2.13. The molecule has 0 bridgehead atoms. The van der Waals surface area contributed by atoms with E-state index in [-0.39, 0.29) is 0 Å². The largest absolute Gasteiger partial charge is 0.813 e. The highest BCUT2D eigenvalue weighted by Crippen LogP contribution is 1.95. The zero-order chi connectivity index (χ0) is 6.53. The molecular formula is C4H9AlClNO2. The van der Waals surface area contributed by atoms with Crippen molar-refractivity contribution in [1.29, 1.82) is 0 Å². The maximum atomic E-state index is 5.66. The summed E-state index contributed by atoms with van der Waals surface area (Å²) in [5, 5.41) is 3.12. The van der Waals surface area contributed by atoms with Crippen molar-refractivity contribution in [2.24, 2.45) is 0 Å². The van der Waals surface area contributed by atoms with Gasteiger partial charge in [-0.15, -0.1) is 0 Å². The van der Waals surface area contributed by atoms with Gasteiger partial charge in [0.05, 0.1) is 0 Å². The summed E-state index contributed by atoms with van der Waals surface area (Å²) < 4.78 is 10.2. The van der Waals surface area contributed by atoms with Crippen molar-refractivity contribution in [3.8, 4) is 0 Å². The van der Waals surface area contributed by atoms with Crippen LogP contribution in [-0.4, -0.2) is 40.2 Å². The average molecular weight is 166 g/mol. The number of halogens is 1. The standard InChI is InChI=1S/C4H9NO2.Al.ClH/c6-3-1-5-2-4-7;;/h5H,1-4H2;;1H/q-2;+3;/p-1. The Balaban J connectivity index is 2.12. The molecule has 1 aliphatic heterocycles. The molecule has 1 fully saturated rings. The molecule has 0 spiro atoms. The van der Waals surface area contributed by atoms with Crippen LogP contribution in [0.2, 0.25) is 0 Å². The molecule has 0 atom stereocenters. The SMILES string of the molecule is [Cl][Al]1[O]CCNCC[O]1. The molecule has 1 saturated heterocycles. The third kappa shape index (κ3) is 3.41. The lowest BCUT2D eigenvalue weighted by molar-refractivity contribution is 0.193. The van der Waals surface area contributed by atoms with E-state index in [1.807, 2.05) is 0 Å². The van der Waals surface area contributed by atoms with Gasteiger partial charge in [0.25, 0.3) is 0 Å². The predicted octanol–water partition coefficient (Wildman–Crippen LogP) is -0.154. The third-order valence-electron chi connectivity index (χ3n) is 1.06. The van der Waals surface area contributed by atoms with Gasteiger partial charge >= 0.3 is 13.9 Å². The van der Waals surface area contributed by atoms with E-state index in [0.29, 0.717) is 13.2 Å². The Bertz CT molecular complexity index is 77.0. The van der Waals surface area contributed by atoms with Crippen molar-refractivity contribution in [3.63, 3.8) is 0 Å². The summed E-state index contributed by atoms with van der Waals surface area (Å²) in [5.74, 6) is 0. The fourth-order valence-electron chi connectivity index (χ4n) is 0.621. The Morgan fingerprint density at radius 3 is 2.33 bits per heavy atom. The lowest BCUT2D eigenvalue weighted by atomic mass is 10.6. The van der Waals surface area contributed by atoms with E-state index in [4.69, 9.17) is 17.6 Å². The minimum atomic E-state index is -1.74. The second-order valence-electron chi connectivity index (χ2n) is 1.77. The molecule has 0 unspecified atom stereocenters. The van der Waals surface area contributed by atoms with Crippen LogP contribution < -0.4 is 5.32 Å². The Morgan fingerprint density at radius 1 is 1.22 bits per heavy atom. The van der Waals surface area contributed by atoms with Crippen molar-refractivity contribution in [3.05, 3.63) is 0 Å². The number of nitrogens with one attached hydrogen (secondary N) is 1. The van der Waals surface area contributed by atoms with E-state index in [2.05, 4.69) is 5.32 Å². The monoisotopic (exact) mass is 165 g/mol. The fourth-order valence-corrected chi connectivity index (χ4v) is 1.86. The zero-order valence-corrected chi connectivity index (χ0v) is 7.01. The van der Waals surface area contributed by atoms with Crippen LogP contribution in [0, 0.1) is 0 Å². The maximum absolute atomic E-state index is 5.66. The third-order valence-corrected chi connectivity index (χ3v) is 2.81. The average Bonchev–Trinajstić information content (AvgIpc) is 1.79. The summed E-state index contributed by atoms with van der Waals surface area (Å²) in [6.45, 7) is 3.14. The van der Waals surface area contributed by atoms with E-state index in [0.717, 1.165) is 13.1 Å². The summed E-state index contributed by atoms with van der Waals surface area (Å²) in [7, 11) is 5.66. The first kappa shape index (κ1) is 7.81. The molecule has 5 heteroatoms. The van der Waals surface area contributed by atoms with Gasteiger partial charge in [0, 0.05) is 26.3 Å². The molecule has 0 saturated carbocycles. The van der Waals surface area contributed by atoms with E-state index >= 15 is 0 Å². The number of hydrogen-bond donors (Lipinski definition) is 1. The molecule has 52 valence electrons. The minimum Gasteiger partial charge on any atom is -0.465 e. The highest BCUT2D eigenvalue weighted by atomic mass is 35.6. The summed E-state index contributed by atoms with van der Waals surface area (Å²) in [6, 6.07) is 0. The fraction of sp³-hybridized carbons (Fsp3) is 1.00. The first-order valence-electron chi connectivity index (χ1n) is 2.97. The molecular weight excluding hydrogens is 156 g/mol. The van der Waals surface area contributed by atoms with E-state index < -0.39 is 13.9 Å². The van der Waals surface area contributed by atoms with Crippen LogP contribution in [0.4, 0.5) is 0 Å². The summed E-state index contributed by atoms with van der Waals surface area (Å²) in [5.41, 5.74) is 0. The molecule has 9 heavy (non-hydrogen) atoms. The molecule has 1 N–H and O–H groups in total. The number of rotatable bonds is 0. The van der Waals surface area contributed by atoms with Crippen molar-refractivity contribution >= 4 is 23.9 Å². The predicted molar refractivity (Wildman–Crippen MR) is 36.4 cm³/mol. The van der Waals surface area contributed by atoms with E-state index in [1.54, 1.807) is 0 Å². The highest BCUT2D eigenvalue weighted by Gasteiger charge is 2.23. The van der Waals surface area contributed by atoms with Crippen LogP contribution in [0.5, 0.6) is 0 Å². The van der Waals surface area contributed by atoms with Gasteiger partial charge in [0.1, 0.15) is 0 Å². The van der Waals surface area contributed by atoms with Crippen molar-refractivity contribution < 1.29 is 7.58 Å². The molecule has 0 radical (unpaired) electrons. The zero-order valence-electron chi connectivity index (χ0n) is 5.10. The van der Waals surface area contributed by atoms with Crippen LogP contribution in [0.15, 0.2) is 0 Å². The first-order chi connectivity index (χ1) is 4.39. The molecule has 0 aliphatic carbocycles. The smallest absolute Gasteiger partial charge is 0.465 e. The van der Waals surface area contributed by atoms with Crippen LogP contribution in [0.25, 0.3) is 0 Å². The second-order valence-corrected chi connectivity index (χ2v) is 4.05. The van der Waals surface area contributed by atoms with Crippen molar-refractivity contribution in [1.82, 2.24) is 5.32 Å². The van der Waals surface area contributed by atoms with Gasteiger partial charge in [0.2, 0.25) is 0 Å². The molecule has 0 aromatic heterocycles. The normalized spacial score (nSPS) is 23.0. The molecule has 1 heterocycles. The second kappa shape index (κ2) is 4.51. The van der Waals surface area contributed by atoms with Gasteiger partial charge in [-0.3, -0.25) is 0 Å². The summed E-state index contributed by atoms with van der Waals surface area (Å²) in [4.78, 5) is 0. The summed E-state index contributed by atoms with van der Waals surface area (Å²) >= 11 is -1.74. The van der Waals surface area contributed by atoms with E-state index in [1.165, 1.54) is 0 Å². The summed E-state index contributed by atoms with van der Waals surface area (Å²) in [6.07, 6.45) is 0. The molecule has 3 nitrogen and oxygen atoms in total. The topological polar surface area (TPSA) is 30.5 Å². The maximum Gasteiger partial charge on any atom is 0.813 e. The highest BCUT2D eigenvalue weighted by molar-refractivity contribution is 6.99. The minimum absolute atomic E-state index is 0.681. The van der Waals surface area contributed by atoms with Crippen LogP contribution in [0.3, 0.4) is 0 Å². The van der Waals surface area contributed by atoms with Crippen LogP contribution >= 0.6 is 10.0 Å². The van der Waals surface area contributed by atoms with Gasteiger partial charge in [-0.1, -0.05) is 0 Å². The quantitative estimate of drug-likeness (QED) is 0.507. The van der Waals surface area contributed by atoms with Crippen molar-refractivity contribution in [2.75, 3.05) is 26.3 Å². The first-order valence-corrected chi connectivity index (χ1v) is 5.66. The Labute approximate surface area is 63.5 Å². The van der Waals surface area contributed by atoms with Crippen LogP contribution in [0.1, 0.15) is 0 Å². The molecule has 1 aliphatic rings. The molecule has 0 aromatic rings. The van der Waals surface area contributed by atoms with Crippen LogP contribution in [-0.2, 0) is 7.58 Å². The van der Waals surface area contributed by atoms with E-state index in [9.17, 15) is 0 Å². The number of hydrogen-bond acceptors (Lipinski definition) is 3. The van der Waals surface area contributed by atoms with Crippen molar-refractivity contribution in [2.45, 2.75) is 0 Å². The van der Waals surface area contributed by atoms with Gasteiger partial charge < -0.3 is 12.9 Å². The van der Waals surface area contributed by atoms with Gasteiger partial charge in [-0.2, -0.15) is 10.0 Å². The molecule has 0 amide bonds. The van der Waals surface area contributed by atoms with Gasteiger partial charge in [-0.25, -0.2) is 0 Å². The van der Waals surface area contributed by atoms with Gasteiger partial charge in [0.15, 0.2) is 0 Å². The Morgan fingerprint density at radius 2 is 1.78 bits per heavy atom. The van der Waals surface area contributed by atoms with Gasteiger partial charge in [-0.05, 0) is 0 Å². The Kier molecular flexibility index (Phi) is 3.91. The Hall–Kier alpha value is 0.702. The molecule has 1 rings (SSSR count).